The van der Waals surface area contributed by atoms with Gasteiger partial charge in [0, 0.05) is 26.2 Å². The highest BCUT2D eigenvalue weighted by atomic mass is 15.3. The Morgan fingerprint density at radius 1 is 0.810 bits per heavy atom. The van der Waals surface area contributed by atoms with Gasteiger partial charge in [0.2, 0.25) is 0 Å². The van der Waals surface area contributed by atoms with Crippen LogP contribution in [-0.4, -0.2) is 62.2 Å². The molecule has 0 radical (unpaired) electrons. The summed E-state index contributed by atoms with van der Waals surface area (Å²) in [5, 5.41) is 0. The van der Waals surface area contributed by atoms with Gasteiger partial charge >= 0.3 is 0 Å². The van der Waals surface area contributed by atoms with Crippen molar-refractivity contribution in [2.24, 2.45) is 0 Å². The van der Waals surface area contributed by atoms with Crippen molar-refractivity contribution >= 4 is 11.4 Å². The first kappa shape index (κ1) is 14.7. The van der Waals surface area contributed by atoms with Crippen LogP contribution in [0, 0.1) is 0 Å². The molecule has 0 aliphatic carbocycles. The number of likely N-dealkylation sites (tertiary alicyclic amines) is 1. The van der Waals surface area contributed by atoms with Crippen LogP contribution in [0.2, 0.25) is 0 Å². The molecule has 0 saturated carbocycles. The molecule has 116 valence electrons. The smallest absolute Gasteiger partial charge is 0.0600 e. The molecule has 0 spiro atoms. The lowest BCUT2D eigenvalue weighted by molar-refractivity contribution is 0.234. The lowest BCUT2D eigenvalue weighted by atomic mass is 10.2. The molecule has 2 saturated heterocycles. The molecular formula is C17H28N4. The molecule has 0 unspecified atom stereocenters. The summed E-state index contributed by atoms with van der Waals surface area (Å²) in [5.41, 5.74) is 8.18. The second-order valence-electron chi connectivity index (χ2n) is 6.29. The van der Waals surface area contributed by atoms with Gasteiger partial charge in [-0.05, 0) is 57.6 Å². The summed E-state index contributed by atoms with van der Waals surface area (Å²) >= 11 is 0. The maximum atomic E-state index is 6.08. The van der Waals surface area contributed by atoms with Crippen LogP contribution in [0.25, 0.3) is 0 Å². The fraction of sp³-hybridized carbons (Fsp3) is 0.647. The van der Waals surface area contributed by atoms with E-state index in [0.717, 1.165) is 31.9 Å². The van der Waals surface area contributed by atoms with Crippen molar-refractivity contribution in [2.45, 2.75) is 19.3 Å². The van der Waals surface area contributed by atoms with Crippen molar-refractivity contribution in [3.8, 4) is 0 Å². The Morgan fingerprint density at radius 3 is 2.10 bits per heavy atom. The van der Waals surface area contributed by atoms with E-state index in [1.165, 1.54) is 51.1 Å². The molecule has 0 atom stereocenters. The second kappa shape index (κ2) is 7.14. The van der Waals surface area contributed by atoms with E-state index < -0.39 is 0 Å². The van der Waals surface area contributed by atoms with Crippen LogP contribution < -0.4 is 10.6 Å². The average Bonchev–Trinajstić information content (AvgIpc) is 3.02. The highest BCUT2D eigenvalue weighted by Crippen LogP contribution is 2.23. The van der Waals surface area contributed by atoms with Crippen LogP contribution in [0.3, 0.4) is 0 Å². The van der Waals surface area contributed by atoms with Crippen molar-refractivity contribution in [3.63, 3.8) is 0 Å². The molecule has 1 aromatic carbocycles. The number of rotatable bonds is 5. The van der Waals surface area contributed by atoms with Crippen LogP contribution in [0.5, 0.6) is 0 Å². The summed E-state index contributed by atoms with van der Waals surface area (Å²) in [4.78, 5) is 7.64. The third-order valence-corrected chi connectivity index (χ3v) is 4.80. The van der Waals surface area contributed by atoms with Crippen molar-refractivity contribution in [2.75, 3.05) is 63.0 Å². The lowest BCUT2D eigenvalue weighted by Crippen LogP contribution is -2.47. The zero-order chi connectivity index (χ0) is 14.5. The molecule has 21 heavy (non-hydrogen) atoms. The quantitative estimate of drug-likeness (QED) is 0.839. The molecule has 1 aromatic rings. The maximum absolute atomic E-state index is 6.08. The normalized spacial score (nSPS) is 21.0. The minimum absolute atomic E-state index is 0.903. The van der Waals surface area contributed by atoms with Crippen LogP contribution in [-0.2, 0) is 0 Å². The standard InChI is InChI=1S/C17H28N4/c18-16-6-1-2-7-17(16)21-14-12-20(13-15-21)11-5-10-19-8-3-4-9-19/h1-2,6-7H,3-5,8-15,18H2. The largest absolute Gasteiger partial charge is 0.397 e. The Kier molecular flexibility index (Phi) is 4.99. The summed E-state index contributed by atoms with van der Waals surface area (Å²) in [6.45, 7) is 9.68. The van der Waals surface area contributed by atoms with Crippen molar-refractivity contribution in [1.29, 1.82) is 0 Å². The molecule has 2 N–H and O–H groups in total. The number of hydrogen-bond donors (Lipinski definition) is 1. The Bertz CT molecular complexity index is 434. The van der Waals surface area contributed by atoms with E-state index in [4.69, 9.17) is 5.73 Å². The van der Waals surface area contributed by atoms with Crippen molar-refractivity contribution in [3.05, 3.63) is 24.3 Å². The first-order valence-corrected chi connectivity index (χ1v) is 8.37. The summed E-state index contributed by atoms with van der Waals surface area (Å²) < 4.78 is 0. The monoisotopic (exact) mass is 288 g/mol. The highest BCUT2D eigenvalue weighted by molar-refractivity contribution is 5.67. The molecular weight excluding hydrogens is 260 g/mol. The number of nitrogen functional groups attached to an aromatic ring is 1. The first-order valence-electron chi connectivity index (χ1n) is 8.37. The van der Waals surface area contributed by atoms with Gasteiger partial charge in [-0.1, -0.05) is 12.1 Å². The third-order valence-electron chi connectivity index (χ3n) is 4.80. The van der Waals surface area contributed by atoms with Crippen LogP contribution in [0.15, 0.2) is 24.3 Å². The SMILES string of the molecule is Nc1ccccc1N1CCN(CCCN2CCCC2)CC1. The summed E-state index contributed by atoms with van der Waals surface area (Å²) in [5.74, 6) is 0. The van der Waals surface area contributed by atoms with E-state index in [9.17, 15) is 0 Å². The van der Waals surface area contributed by atoms with Crippen LogP contribution >= 0.6 is 0 Å². The van der Waals surface area contributed by atoms with Crippen molar-refractivity contribution in [1.82, 2.24) is 9.80 Å². The Labute approximate surface area is 128 Å². The minimum Gasteiger partial charge on any atom is -0.397 e. The second-order valence-corrected chi connectivity index (χ2v) is 6.29. The third kappa shape index (κ3) is 3.89. The molecule has 3 rings (SSSR count). The van der Waals surface area contributed by atoms with Gasteiger partial charge in [-0.3, -0.25) is 4.90 Å². The van der Waals surface area contributed by atoms with Gasteiger partial charge in [-0.2, -0.15) is 0 Å². The number of piperazine rings is 1. The molecule has 0 aromatic heterocycles. The maximum Gasteiger partial charge on any atom is 0.0600 e. The molecule has 4 heteroatoms. The molecule has 0 amide bonds. The fourth-order valence-corrected chi connectivity index (χ4v) is 3.51. The lowest BCUT2D eigenvalue weighted by Gasteiger charge is -2.36. The molecule has 2 fully saturated rings. The van der Waals surface area contributed by atoms with Gasteiger partial charge in [0.15, 0.2) is 0 Å². The number of anilines is 2. The predicted octanol–water partition coefficient (Wildman–Crippen LogP) is 1.88. The van der Waals surface area contributed by atoms with E-state index in [0.29, 0.717) is 0 Å². The van der Waals surface area contributed by atoms with Gasteiger partial charge in [0.25, 0.3) is 0 Å². The first-order chi connectivity index (χ1) is 10.3. The minimum atomic E-state index is 0.903. The molecule has 2 aliphatic heterocycles. The highest BCUT2D eigenvalue weighted by Gasteiger charge is 2.18. The van der Waals surface area contributed by atoms with E-state index in [1.807, 2.05) is 12.1 Å². The van der Waals surface area contributed by atoms with Crippen LogP contribution in [0.1, 0.15) is 19.3 Å². The van der Waals surface area contributed by atoms with Gasteiger partial charge in [-0.25, -0.2) is 0 Å². The van der Waals surface area contributed by atoms with E-state index in [-0.39, 0.29) is 0 Å². The summed E-state index contributed by atoms with van der Waals surface area (Å²) in [6.07, 6.45) is 4.11. The molecule has 2 aliphatic rings. The average molecular weight is 288 g/mol. The Hall–Kier alpha value is -1.26. The zero-order valence-corrected chi connectivity index (χ0v) is 13.0. The zero-order valence-electron chi connectivity index (χ0n) is 13.0. The number of hydrogen-bond acceptors (Lipinski definition) is 4. The molecule has 4 nitrogen and oxygen atoms in total. The van der Waals surface area contributed by atoms with Gasteiger partial charge < -0.3 is 15.5 Å². The predicted molar refractivity (Wildman–Crippen MR) is 89.8 cm³/mol. The Morgan fingerprint density at radius 2 is 1.43 bits per heavy atom. The topological polar surface area (TPSA) is 35.7 Å². The van der Waals surface area contributed by atoms with Gasteiger partial charge in [-0.15, -0.1) is 0 Å². The number of benzene rings is 1. The summed E-state index contributed by atoms with van der Waals surface area (Å²) in [6, 6.07) is 8.22. The number of para-hydroxylation sites is 2. The Balaban J connectivity index is 1.39. The van der Waals surface area contributed by atoms with Gasteiger partial charge in [0.1, 0.15) is 0 Å². The van der Waals surface area contributed by atoms with E-state index >= 15 is 0 Å². The number of nitrogens with zero attached hydrogens (tertiary/aromatic N) is 3. The van der Waals surface area contributed by atoms with Crippen LogP contribution in [0.4, 0.5) is 11.4 Å². The number of nitrogens with two attached hydrogens (primary N) is 1. The van der Waals surface area contributed by atoms with Gasteiger partial charge in [0.05, 0.1) is 11.4 Å². The summed E-state index contributed by atoms with van der Waals surface area (Å²) in [7, 11) is 0. The van der Waals surface area contributed by atoms with Crippen molar-refractivity contribution < 1.29 is 0 Å². The fourth-order valence-electron chi connectivity index (χ4n) is 3.51. The van der Waals surface area contributed by atoms with E-state index in [1.54, 1.807) is 0 Å². The molecule has 2 heterocycles. The van der Waals surface area contributed by atoms with E-state index in [2.05, 4.69) is 26.8 Å². The molecule has 0 bridgehead atoms.